The summed E-state index contributed by atoms with van der Waals surface area (Å²) in [5.41, 5.74) is 8.98. The number of hydrogen-bond donors (Lipinski definition) is 2. The molecule has 2 aromatic rings. The molecule has 1 unspecified atom stereocenters. The summed E-state index contributed by atoms with van der Waals surface area (Å²) in [7, 11) is 1.82. The maximum absolute atomic E-state index is 10.0. The van der Waals surface area contributed by atoms with Crippen molar-refractivity contribution in [1.29, 1.82) is 0 Å². The van der Waals surface area contributed by atoms with Crippen LogP contribution < -0.4 is 5.32 Å². The largest absolute Gasteiger partial charge is 0.508 e. The number of phenols is 1. The van der Waals surface area contributed by atoms with Gasteiger partial charge in [0.05, 0.1) is 24.6 Å². The zero-order valence-electron chi connectivity index (χ0n) is 23.6. The quantitative estimate of drug-likeness (QED) is 0.329. The fourth-order valence-corrected chi connectivity index (χ4v) is 5.06. The maximum atomic E-state index is 10.0. The second kappa shape index (κ2) is 13.6. The highest BCUT2D eigenvalue weighted by Gasteiger charge is 2.20. The van der Waals surface area contributed by atoms with Crippen LogP contribution in [-0.4, -0.2) is 49.1 Å². The van der Waals surface area contributed by atoms with Crippen LogP contribution in [0.4, 0.5) is 5.69 Å². The van der Waals surface area contributed by atoms with Crippen molar-refractivity contribution < 1.29 is 9.84 Å². The minimum absolute atomic E-state index is 0.252. The van der Waals surface area contributed by atoms with Crippen molar-refractivity contribution in [1.82, 2.24) is 4.90 Å². The van der Waals surface area contributed by atoms with Crippen molar-refractivity contribution in [3.63, 3.8) is 0 Å². The van der Waals surface area contributed by atoms with E-state index in [-0.39, 0.29) is 5.92 Å². The maximum Gasteiger partial charge on any atom is 0.115 e. The number of ether oxygens (including phenoxy) is 1. The van der Waals surface area contributed by atoms with E-state index < -0.39 is 0 Å². The van der Waals surface area contributed by atoms with Gasteiger partial charge in [-0.15, -0.1) is 0 Å². The van der Waals surface area contributed by atoms with Crippen LogP contribution in [0.25, 0.3) is 0 Å². The lowest BCUT2D eigenvalue weighted by Gasteiger charge is -2.27. The Balaban J connectivity index is 1.77. The molecule has 1 fully saturated rings. The number of rotatable bonds is 11. The summed E-state index contributed by atoms with van der Waals surface area (Å²) >= 11 is 0. The summed E-state index contributed by atoms with van der Waals surface area (Å²) in [5, 5.41) is 13.5. The van der Waals surface area contributed by atoms with Gasteiger partial charge >= 0.3 is 0 Å². The molecule has 2 N–H and O–H groups in total. The average molecular weight is 504 g/mol. The Morgan fingerprint density at radius 3 is 2.51 bits per heavy atom. The van der Waals surface area contributed by atoms with E-state index in [4.69, 9.17) is 4.74 Å². The molecule has 1 aliphatic heterocycles. The standard InChI is InChI=1S/C32H45N3O2/c1-8-26-20-29(36)11-12-30(26)31(17-22(2)3)24(5)19-32(33-7)25(6)34-28-10-9-27(23(4)18-28)21-35-13-15-37-16-14-35/h9-12,18-20,22,31,34,36H,6,8,13-17,21H2,1-5,7H3/b24-19+,33-32?. The molecule has 0 radical (unpaired) electrons. The van der Waals surface area contributed by atoms with E-state index in [2.05, 4.69) is 86.7 Å². The van der Waals surface area contributed by atoms with Gasteiger partial charge in [0.15, 0.2) is 0 Å². The molecular formula is C32H45N3O2. The van der Waals surface area contributed by atoms with Crippen LogP contribution in [0.5, 0.6) is 5.75 Å². The molecular weight excluding hydrogens is 458 g/mol. The minimum atomic E-state index is 0.252. The number of aliphatic imine (C=N–C) groups is 1. The fraction of sp³-hybridized carbons (Fsp3) is 0.469. The molecule has 1 aliphatic rings. The number of hydrogen-bond acceptors (Lipinski definition) is 5. The van der Waals surface area contributed by atoms with E-state index in [1.54, 1.807) is 6.07 Å². The van der Waals surface area contributed by atoms with E-state index in [1.165, 1.54) is 27.8 Å². The van der Waals surface area contributed by atoms with Crippen molar-refractivity contribution >= 4 is 11.4 Å². The molecule has 37 heavy (non-hydrogen) atoms. The minimum Gasteiger partial charge on any atom is -0.508 e. The number of nitrogens with zero attached hydrogens (tertiary/aromatic N) is 2. The highest BCUT2D eigenvalue weighted by Crippen LogP contribution is 2.35. The third-order valence-corrected chi connectivity index (χ3v) is 7.19. The van der Waals surface area contributed by atoms with Gasteiger partial charge < -0.3 is 15.2 Å². The number of benzene rings is 2. The lowest BCUT2D eigenvalue weighted by Crippen LogP contribution is -2.35. The second-order valence-corrected chi connectivity index (χ2v) is 10.5. The van der Waals surface area contributed by atoms with Crippen molar-refractivity contribution in [3.8, 4) is 5.75 Å². The van der Waals surface area contributed by atoms with Crippen LogP contribution in [0.2, 0.25) is 0 Å². The summed E-state index contributed by atoms with van der Waals surface area (Å²) in [6, 6.07) is 12.3. The number of aryl methyl sites for hydroxylation is 2. The molecule has 2 aromatic carbocycles. The normalized spacial score (nSPS) is 16.2. The van der Waals surface area contributed by atoms with Gasteiger partial charge in [-0.3, -0.25) is 9.89 Å². The number of allylic oxidation sites excluding steroid dienone is 2. The molecule has 0 amide bonds. The first kappa shape index (κ1) is 28.7. The van der Waals surface area contributed by atoms with Crippen LogP contribution in [-0.2, 0) is 17.7 Å². The van der Waals surface area contributed by atoms with Gasteiger partial charge in [-0.05, 0) is 85.2 Å². The topological polar surface area (TPSA) is 57.1 Å². The number of anilines is 1. The highest BCUT2D eigenvalue weighted by atomic mass is 16.5. The second-order valence-electron chi connectivity index (χ2n) is 10.5. The Hall–Kier alpha value is -2.89. The SMILES string of the molecule is C=C(Nc1ccc(CN2CCOCC2)c(C)c1)C(/C=C(\C)C(CC(C)C)c1ccc(O)cc1CC)=NC. The van der Waals surface area contributed by atoms with Crippen molar-refractivity contribution in [2.75, 3.05) is 38.7 Å². The molecule has 0 bridgehead atoms. The van der Waals surface area contributed by atoms with Crippen LogP contribution >= 0.6 is 0 Å². The van der Waals surface area contributed by atoms with Gasteiger partial charge in [-0.1, -0.05) is 45.1 Å². The molecule has 0 spiro atoms. The zero-order valence-corrected chi connectivity index (χ0v) is 23.6. The van der Waals surface area contributed by atoms with Gasteiger partial charge in [0, 0.05) is 38.3 Å². The molecule has 200 valence electrons. The molecule has 1 atom stereocenters. The van der Waals surface area contributed by atoms with Crippen LogP contribution in [0, 0.1) is 12.8 Å². The van der Waals surface area contributed by atoms with Gasteiger partial charge in [0.25, 0.3) is 0 Å². The first-order valence-electron chi connectivity index (χ1n) is 13.5. The van der Waals surface area contributed by atoms with Gasteiger partial charge in [0.1, 0.15) is 5.75 Å². The zero-order chi connectivity index (χ0) is 26.9. The van der Waals surface area contributed by atoms with Gasteiger partial charge in [-0.2, -0.15) is 0 Å². The summed E-state index contributed by atoms with van der Waals surface area (Å²) in [5.74, 6) is 1.11. The molecule has 3 rings (SSSR count). The highest BCUT2D eigenvalue weighted by molar-refractivity contribution is 6.10. The molecule has 1 heterocycles. The molecule has 5 heteroatoms. The lowest BCUT2D eigenvalue weighted by atomic mass is 9.81. The Labute approximate surface area is 224 Å². The third-order valence-electron chi connectivity index (χ3n) is 7.19. The van der Waals surface area contributed by atoms with E-state index >= 15 is 0 Å². The van der Waals surface area contributed by atoms with Gasteiger partial charge in [0.2, 0.25) is 0 Å². The first-order valence-corrected chi connectivity index (χ1v) is 13.5. The lowest BCUT2D eigenvalue weighted by molar-refractivity contribution is 0.0341. The Morgan fingerprint density at radius 2 is 1.89 bits per heavy atom. The predicted octanol–water partition coefficient (Wildman–Crippen LogP) is 6.87. The molecule has 5 nitrogen and oxygen atoms in total. The summed E-state index contributed by atoms with van der Waals surface area (Å²) in [6.07, 6.45) is 4.07. The monoisotopic (exact) mass is 503 g/mol. The summed E-state index contributed by atoms with van der Waals surface area (Å²) in [6.45, 7) is 19.9. The van der Waals surface area contributed by atoms with Crippen molar-refractivity contribution in [2.45, 2.75) is 59.9 Å². The van der Waals surface area contributed by atoms with E-state index in [9.17, 15) is 5.11 Å². The number of phenolic OH excluding ortho intramolecular Hbond substituents is 1. The van der Waals surface area contributed by atoms with Crippen molar-refractivity contribution in [3.05, 3.63) is 82.6 Å². The average Bonchev–Trinajstić information content (AvgIpc) is 2.87. The van der Waals surface area contributed by atoms with Crippen LogP contribution in [0.3, 0.4) is 0 Å². The Morgan fingerprint density at radius 1 is 1.16 bits per heavy atom. The first-order chi connectivity index (χ1) is 17.7. The Bertz CT molecular complexity index is 1130. The third kappa shape index (κ3) is 8.05. The Kier molecular flexibility index (Phi) is 10.5. The van der Waals surface area contributed by atoms with E-state index in [0.29, 0.717) is 11.7 Å². The van der Waals surface area contributed by atoms with Gasteiger partial charge in [-0.25, -0.2) is 0 Å². The number of morpholine rings is 1. The summed E-state index contributed by atoms with van der Waals surface area (Å²) in [4.78, 5) is 7.02. The van der Waals surface area contributed by atoms with Crippen LogP contribution in [0.15, 0.2) is 65.3 Å². The smallest absolute Gasteiger partial charge is 0.115 e. The predicted molar refractivity (Wildman–Crippen MR) is 157 cm³/mol. The molecule has 0 aromatic heterocycles. The molecule has 1 saturated heterocycles. The van der Waals surface area contributed by atoms with Crippen LogP contribution in [0.1, 0.15) is 62.3 Å². The number of nitrogens with one attached hydrogen (secondary N) is 1. The van der Waals surface area contributed by atoms with E-state index in [1.807, 2.05) is 13.1 Å². The van der Waals surface area contributed by atoms with E-state index in [0.717, 1.165) is 62.8 Å². The fourth-order valence-electron chi connectivity index (χ4n) is 5.06. The molecule has 0 saturated carbocycles. The molecule has 0 aliphatic carbocycles. The number of aromatic hydroxyl groups is 1. The summed E-state index contributed by atoms with van der Waals surface area (Å²) < 4.78 is 5.48. The van der Waals surface area contributed by atoms with Crippen molar-refractivity contribution in [2.24, 2.45) is 10.9 Å².